The van der Waals surface area contributed by atoms with Crippen molar-refractivity contribution in [2.24, 2.45) is 11.8 Å². The van der Waals surface area contributed by atoms with E-state index in [2.05, 4.69) is 10.6 Å². The number of hydrogen-bond acceptors (Lipinski definition) is 2. The van der Waals surface area contributed by atoms with Crippen molar-refractivity contribution in [3.05, 3.63) is 0 Å². The van der Waals surface area contributed by atoms with E-state index in [4.69, 9.17) is 0 Å². The van der Waals surface area contributed by atoms with E-state index in [0.29, 0.717) is 5.92 Å². The molecular weight excluding hydrogens is 164 g/mol. The average Bonchev–Trinajstić information content (AvgIpc) is 2.15. The predicted octanol–water partition coefficient (Wildman–Crippen LogP) is 0.758. The Hall–Kier alpha value is -0.570. The van der Waals surface area contributed by atoms with Crippen molar-refractivity contribution in [2.45, 2.75) is 26.7 Å². The fourth-order valence-electron chi connectivity index (χ4n) is 1.55. The molecule has 1 fully saturated rings. The maximum atomic E-state index is 11.3. The van der Waals surface area contributed by atoms with Crippen LogP contribution in [0.4, 0.5) is 0 Å². The molecule has 3 heteroatoms. The molecule has 1 saturated heterocycles. The fraction of sp³-hybridized carbons (Fsp3) is 0.900. The Morgan fingerprint density at radius 2 is 2.38 bits per heavy atom. The summed E-state index contributed by atoms with van der Waals surface area (Å²) >= 11 is 0. The van der Waals surface area contributed by atoms with Gasteiger partial charge in [-0.1, -0.05) is 13.8 Å². The van der Waals surface area contributed by atoms with E-state index in [1.54, 1.807) is 0 Å². The van der Waals surface area contributed by atoms with Crippen LogP contribution in [0.3, 0.4) is 0 Å². The zero-order valence-corrected chi connectivity index (χ0v) is 8.60. The van der Waals surface area contributed by atoms with E-state index < -0.39 is 0 Å². The minimum absolute atomic E-state index is 0.108. The molecule has 0 aliphatic carbocycles. The molecule has 3 nitrogen and oxygen atoms in total. The first kappa shape index (κ1) is 10.5. The normalized spacial score (nSPS) is 23.2. The van der Waals surface area contributed by atoms with Gasteiger partial charge in [-0.2, -0.15) is 0 Å². The van der Waals surface area contributed by atoms with Gasteiger partial charge < -0.3 is 10.6 Å². The lowest BCUT2D eigenvalue weighted by atomic mass is 9.99. The van der Waals surface area contributed by atoms with Crippen LogP contribution in [-0.2, 0) is 4.79 Å². The molecule has 13 heavy (non-hydrogen) atoms. The molecule has 1 heterocycles. The molecule has 0 saturated carbocycles. The number of rotatable bonds is 3. The summed E-state index contributed by atoms with van der Waals surface area (Å²) in [6.45, 7) is 6.87. The highest BCUT2D eigenvalue weighted by Crippen LogP contribution is 2.08. The molecule has 0 unspecified atom stereocenters. The van der Waals surface area contributed by atoms with Crippen molar-refractivity contribution in [1.82, 2.24) is 10.6 Å². The van der Waals surface area contributed by atoms with Gasteiger partial charge in [0.25, 0.3) is 0 Å². The van der Waals surface area contributed by atoms with Crippen molar-refractivity contribution < 1.29 is 4.79 Å². The molecular formula is C10H20N2O. The van der Waals surface area contributed by atoms with Gasteiger partial charge in [0.05, 0.1) is 0 Å². The van der Waals surface area contributed by atoms with Gasteiger partial charge in [-0.3, -0.25) is 4.79 Å². The maximum Gasteiger partial charge on any atom is 0.222 e. The van der Waals surface area contributed by atoms with Gasteiger partial charge in [0, 0.05) is 12.5 Å². The molecule has 0 aromatic carbocycles. The van der Waals surface area contributed by atoms with E-state index in [0.717, 1.165) is 19.6 Å². The second kappa shape index (κ2) is 5.22. The minimum Gasteiger partial charge on any atom is -0.356 e. The number of carbonyl (C=O) groups excluding carboxylic acids is 1. The topological polar surface area (TPSA) is 41.1 Å². The van der Waals surface area contributed by atoms with E-state index in [1.165, 1.54) is 12.8 Å². The van der Waals surface area contributed by atoms with Crippen LogP contribution in [0.5, 0.6) is 0 Å². The van der Waals surface area contributed by atoms with E-state index in [1.807, 2.05) is 13.8 Å². The molecule has 1 amide bonds. The molecule has 1 aliphatic heterocycles. The molecule has 1 atom stereocenters. The summed E-state index contributed by atoms with van der Waals surface area (Å²) in [6.07, 6.45) is 2.48. The van der Waals surface area contributed by atoms with Gasteiger partial charge in [-0.15, -0.1) is 0 Å². The summed E-state index contributed by atoms with van der Waals surface area (Å²) in [5.74, 6) is 0.915. The molecule has 0 radical (unpaired) electrons. The molecule has 0 spiro atoms. The zero-order valence-electron chi connectivity index (χ0n) is 8.60. The fourth-order valence-corrected chi connectivity index (χ4v) is 1.55. The lowest BCUT2D eigenvalue weighted by Crippen LogP contribution is -2.39. The van der Waals surface area contributed by atoms with Crippen molar-refractivity contribution in [3.63, 3.8) is 0 Å². The van der Waals surface area contributed by atoms with Gasteiger partial charge in [0.15, 0.2) is 0 Å². The zero-order chi connectivity index (χ0) is 9.68. The summed E-state index contributed by atoms with van der Waals surface area (Å²) in [7, 11) is 0. The molecule has 0 bridgehead atoms. The highest BCUT2D eigenvalue weighted by molar-refractivity contribution is 5.77. The Kier molecular flexibility index (Phi) is 4.22. The lowest BCUT2D eigenvalue weighted by molar-refractivity contribution is -0.124. The molecule has 1 aliphatic rings. The van der Waals surface area contributed by atoms with Crippen molar-refractivity contribution >= 4 is 5.91 Å². The molecule has 76 valence electrons. The third-order valence-corrected chi connectivity index (χ3v) is 2.49. The van der Waals surface area contributed by atoms with Gasteiger partial charge in [0.1, 0.15) is 0 Å². The van der Waals surface area contributed by atoms with Crippen LogP contribution in [0.2, 0.25) is 0 Å². The third-order valence-electron chi connectivity index (χ3n) is 2.49. The number of amides is 1. The summed E-state index contributed by atoms with van der Waals surface area (Å²) < 4.78 is 0. The lowest BCUT2D eigenvalue weighted by Gasteiger charge is -2.23. The van der Waals surface area contributed by atoms with Gasteiger partial charge in [0.2, 0.25) is 5.91 Å². The standard InChI is InChI=1S/C10H20N2O/c1-8(2)10(13)12-7-9-4-3-5-11-6-9/h8-9,11H,3-7H2,1-2H3,(H,12,13)/t9-/m1/s1. The predicted molar refractivity (Wildman–Crippen MR) is 53.4 cm³/mol. The highest BCUT2D eigenvalue weighted by Gasteiger charge is 2.14. The maximum absolute atomic E-state index is 11.3. The van der Waals surface area contributed by atoms with Gasteiger partial charge in [-0.25, -0.2) is 0 Å². The van der Waals surface area contributed by atoms with Crippen molar-refractivity contribution in [1.29, 1.82) is 0 Å². The smallest absolute Gasteiger partial charge is 0.222 e. The van der Waals surface area contributed by atoms with Gasteiger partial charge in [-0.05, 0) is 31.8 Å². The summed E-state index contributed by atoms with van der Waals surface area (Å²) in [5, 5.41) is 6.31. The number of piperidine rings is 1. The van der Waals surface area contributed by atoms with Crippen LogP contribution in [-0.4, -0.2) is 25.5 Å². The Balaban J connectivity index is 2.13. The Morgan fingerprint density at radius 3 is 2.92 bits per heavy atom. The summed E-state index contributed by atoms with van der Waals surface area (Å²) in [5.41, 5.74) is 0. The second-order valence-corrected chi connectivity index (χ2v) is 4.11. The summed E-state index contributed by atoms with van der Waals surface area (Å²) in [4.78, 5) is 11.3. The number of hydrogen-bond donors (Lipinski definition) is 2. The molecule has 0 aromatic rings. The Morgan fingerprint density at radius 1 is 1.62 bits per heavy atom. The van der Waals surface area contributed by atoms with Crippen LogP contribution in [0.1, 0.15) is 26.7 Å². The number of carbonyl (C=O) groups is 1. The van der Waals surface area contributed by atoms with Gasteiger partial charge >= 0.3 is 0 Å². The van der Waals surface area contributed by atoms with Crippen LogP contribution in [0.15, 0.2) is 0 Å². The van der Waals surface area contributed by atoms with E-state index in [9.17, 15) is 4.79 Å². The third kappa shape index (κ3) is 3.77. The summed E-state index contributed by atoms with van der Waals surface area (Å²) in [6, 6.07) is 0. The SMILES string of the molecule is CC(C)C(=O)NC[C@@H]1CCCNC1. The van der Waals surface area contributed by atoms with Crippen molar-refractivity contribution in [3.8, 4) is 0 Å². The Labute approximate surface area is 80.3 Å². The quantitative estimate of drug-likeness (QED) is 0.680. The number of nitrogens with one attached hydrogen (secondary N) is 2. The van der Waals surface area contributed by atoms with E-state index >= 15 is 0 Å². The van der Waals surface area contributed by atoms with Crippen LogP contribution in [0, 0.1) is 11.8 Å². The molecule has 1 rings (SSSR count). The average molecular weight is 184 g/mol. The monoisotopic (exact) mass is 184 g/mol. The first-order chi connectivity index (χ1) is 6.20. The van der Waals surface area contributed by atoms with Crippen LogP contribution >= 0.6 is 0 Å². The Bertz CT molecular complexity index is 162. The molecule has 2 N–H and O–H groups in total. The largest absolute Gasteiger partial charge is 0.356 e. The molecule has 0 aromatic heterocycles. The highest BCUT2D eigenvalue weighted by atomic mass is 16.1. The first-order valence-electron chi connectivity index (χ1n) is 5.18. The van der Waals surface area contributed by atoms with E-state index in [-0.39, 0.29) is 11.8 Å². The van der Waals surface area contributed by atoms with Crippen LogP contribution < -0.4 is 10.6 Å². The first-order valence-corrected chi connectivity index (χ1v) is 5.18. The minimum atomic E-state index is 0.108. The van der Waals surface area contributed by atoms with Crippen LogP contribution in [0.25, 0.3) is 0 Å². The second-order valence-electron chi connectivity index (χ2n) is 4.11. The van der Waals surface area contributed by atoms with Crippen molar-refractivity contribution in [2.75, 3.05) is 19.6 Å².